The van der Waals surface area contributed by atoms with Crippen LogP contribution in [0.2, 0.25) is 0 Å². The maximum Gasteiger partial charge on any atom is 0.573 e. The fourth-order valence-electron chi connectivity index (χ4n) is 0.900. The van der Waals surface area contributed by atoms with E-state index in [0.29, 0.717) is 12.1 Å². The van der Waals surface area contributed by atoms with Crippen LogP contribution in [-0.4, -0.2) is 6.36 Å². The van der Waals surface area contributed by atoms with Crippen LogP contribution in [0.1, 0.15) is 5.56 Å². The minimum atomic E-state index is -4.96. The molecule has 0 heterocycles. The molecule has 1 nitrogen and oxygen atoms in total. The monoisotopic (exact) mass is 290 g/mol. The fourth-order valence-corrected chi connectivity index (χ4v) is 1.44. The summed E-state index contributed by atoms with van der Waals surface area (Å²) in [7, 11) is 0. The standard InChI is InChI=1S/C8H4BrF5O/c9-3-5-6(10)1-4(2-7(5)11)15-8(12,13)14/h1-2H,3H2. The fraction of sp³-hybridized carbons (Fsp3) is 0.250. The van der Waals surface area contributed by atoms with Crippen LogP contribution in [0.15, 0.2) is 12.1 Å². The second kappa shape index (κ2) is 4.34. The molecule has 15 heavy (non-hydrogen) atoms. The number of hydrogen-bond acceptors (Lipinski definition) is 1. The van der Waals surface area contributed by atoms with Crippen molar-refractivity contribution < 1.29 is 26.7 Å². The Morgan fingerprint density at radius 1 is 1.13 bits per heavy atom. The van der Waals surface area contributed by atoms with Crippen LogP contribution in [0.4, 0.5) is 22.0 Å². The van der Waals surface area contributed by atoms with Crippen molar-refractivity contribution in [3.8, 4) is 5.75 Å². The van der Waals surface area contributed by atoms with Crippen molar-refractivity contribution in [3.63, 3.8) is 0 Å². The quantitative estimate of drug-likeness (QED) is 0.595. The summed E-state index contributed by atoms with van der Waals surface area (Å²) in [5.41, 5.74) is -0.343. The average molecular weight is 291 g/mol. The van der Waals surface area contributed by atoms with E-state index in [2.05, 4.69) is 20.7 Å². The molecule has 0 N–H and O–H groups in total. The Kier molecular flexibility index (Phi) is 3.54. The lowest BCUT2D eigenvalue weighted by atomic mass is 10.2. The first-order chi connectivity index (χ1) is 6.83. The van der Waals surface area contributed by atoms with E-state index in [-0.39, 0.29) is 10.9 Å². The van der Waals surface area contributed by atoms with Gasteiger partial charge in [0.05, 0.1) is 0 Å². The van der Waals surface area contributed by atoms with Crippen LogP contribution < -0.4 is 4.74 Å². The smallest absolute Gasteiger partial charge is 0.406 e. The molecule has 0 unspecified atom stereocenters. The summed E-state index contributed by atoms with van der Waals surface area (Å²) in [5.74, 6) is -3.10. The first kappa shape index (κ1) is 12.2. The molecule has 0 saturated carbocycles. The summed E-state index contributed by atoms with van der Waals surface area (Å²) >= 11 is 2.80. The number of hydrogen-bond donors (Lipinski definition) is 0. The van der Waals surface area contributed by atoms with Gasteiger partial charge in [-0.2, -0.15) is 0 Å². The molecule has 1 aromatic rings. The topological polar surface area (TPSA) is 9.23 Å². The predicted octanol–water partition coefficient (Wildman–Crippen LogP) is 3.76. The number of halogens is 6. The van der Waals surface area contributed by atoms with Crippen LogP contribution in [0.25, 0.3) is 0 Å². The van der Waals surface area contributed by atoms with Gasteiger partial charge in [-0.25, -0.2) is 8.78 Å². The molecule has 0 aliphatic rings. The van der Waals surface area contributed by atoms with Gasteiger partial charge in [0.15, 0.2) is 0 Å². The van der Waals surface area contributed by atoms with E-state index in [1.807, 2.05) is 0 Å². The number of benzene rings is 1. The van der Waals surface area contributed by atoms with E-state index in [9.17, 15) is 22.0 Å². The Morgan fingerprint density at radius 3 is 1.93 bits per heavy atom. The Bertz CT molecular complexity index is 340. The van der Waals surface area contributed by atoms with E-state index in [1.165, 1.54) is 0 Å². The third-order valence-electron chi connectivity index (χ3n) is 1.48. The first-order valence-corrected chi connectivity index (χ1v) is 4.75. The van der Waals surface area contributed by atoms with Crippen LogP contribution in [0.3, 0.4) is 0 Å². The zero-order valence-corrected chi connectivity index (χ0v) is 8.62. The lowest BCUT2D eigenvalue weighted by molar-refractivity contribution is -0.274. The van der Waals surface area contributed by atoms with Gasteiger partial charge in [0.1, 0.15) is 17.4 Å². The van der Waals surface area contributed by atoms with Gasteiger partial charge in [0.2, 0.25) is 0 Å². The third-order valence-corrected chi connectivity index (χ3v) is 2.04. The van der Waals surface area contributed by atoms with Crippen LogP contribution in [0, 0.1) is 11.6 Å². The number of ether oxygens (including phenoxy) is 1. The Balaban J connectivity index is 3.04. The maximum atomic E-state index is 13.0. The molecule has 0 saturated heterocycles. The SMILES string of the molecule is Fc1cc(OC(F)(F)F)cc(F)c1CBr. The molecule has 1 aromatic carbocycles. The van der Waals surface area contributed by atoms with E-state index in [4.69, 9.17) is 0 Å². The number of rotatable bonds is 2. The van der Waals surface area contributed by atoms with E-state index >= 15 is 0 Å². The van der Waals surface area contributed by atoms with Crippen molar-refractivity contribution in [2.24, 2.45) is 0 Å². The summed E-state index contributed by atoms with van der Waals surface area (Å²) < 4.78 is 64.4. The van der Waals surface area contributed by atoms with Gasteiger partial charge >= 0.3 is 6.36 Å². The average Bonchev–Trinajstić information content (AvgIpc) is 1.99. The molecule has 0 aliphatic heterocycles. The summed E-state index contributed by atoms with van der Waals surface area (Å²) in [5, 5.41) is -0.128. The highest BCUT2D eigenvalue weighted by molar-refractivity contribution is 9.08. The molecular formula is C8H4BrF5O. The van der Waals surface area contributed by atoms with Crippen molar-refractivity contribution in [1.29, 1.82) is 0 Å². The normalized spacial score (nSPS) is 11.6. The summed E-state index contributed by atoms with van der Waals surface area (Å²) in [4.78, 5) is 0. The van der Waals surface area contributed by atoms with E-state index in [0.717, 1.165) is 0 Å². The van der Waals surface area contributed by atoms with Gasteiger partial charge in [-0.1, -0.05) is 15.9 Å². The molecule has 0 aromatic heterocycles. The Morgan fingerprint density at radius 2 is 1.60 bits per heavy atom. The van der Waals surface area contributed by atoms with Crippen molar-refractivity contribution in [1.82, 2.24) is 0 Å². The third kappa shape index (κ3) is 3.33. The molecule has 0 bridgehead atoms. The van der Waals surface area contributed by atoms with Crippen molar-refractivity contribution in [2.45, 2.75) is 11.7 Å². The summed E-state index contributed by atoms with van der Waals surface area (Å²) in [6.45, 7) is 0. The second-order valence-corrected chi connectivity index (χ2v) is 3.11. The molecule has 0 radical (unpaired) electrons. The van der Waals surface area contributed by atoms with E-state index in [1.54, 1.807) is 0 Å². The molecule has 1 rings (SSSR count). The van der Waals surface area contributed by atoms with Gasteiger partial charge in [0, 0.05) is 23.0 Å². The molecule has 0 atom stereocenters. The molecule has 84 valence electrons. The van der Waals surface area contributed by atoms with Crippen LogP contribution in [-0.2, 0) is 5.33 Å². The minimum Gasteiger partial charge on any atom is -0.406 e. The Labute approximate surface area is 90.0 Å². The van der Waals surface area contributed by atoms with Gasteiger partial charge in [-0.15, -0.1) is 13.2 Å². The zero-order chi connectivity index (χ0) is 11.6. The predicted molar refractivity (Wildman–Crippen MR) is 45.7 cm³/mol. The minimum absolute atomic E-state index is 0.128. The lowest BCUT2D eigenvalue weighted by Crippen LogP contribution is -2.17. The maximum absolute atomic E-state index is 13.0. The second-order valence-electron chi connectivity index (χ2n) is 2.55. The summed E-state index contributed by atoms with van der Waals surface area (Å²) in [6.07, 6.45) is -4.96. The molecule has 0 spiro atoms. The lowest BCUT2D eigenvalue weighted by Gasteiger charge is -2.10. The summed E-state index contributed by atoms with van der Waals surface area (Å²) in [6, 6.07) is 0.959. The van der Waals surface area contributed by atoms with Gasteiger partial charge in [0.25, 0.3) is 0 Å². The van der Waals surface area contributed by atoms with Crippen LogP contribution in [0.5, 0.6) is 5.75 Å². The van der Waals surface area contributed by atoms with Crippen molar-refractivity contribution in [3.05, 3.63) is 29.3 Å². The van der Waals surface area contributed by atoms with Gasteiger partial charge in [-0.05, 0) is 0 Å². The van der Waals surface area contributed by atoms with Gasteiger partial charge < -0.3 is 4.74 Å². The molecule has 0 amide bonds. The highest BCUT2D eigenvalue weighted by Gasteiger charge is 2.31. The zero-order valence-electron chi connectivity index (χ0n) is 7.04. The highest BCUT2D eigenvalue weighted by Crippen LogP contribution is 2.27. The van der Waals surface area contributed by atoms with Crippen molar-refractivity contribution in [2.75, 3.05) is 0 Å². The number of alkyl halides is 4. The molecule has 7 heteroatoms. The highest BCUT2D eigenvalue weighted by atomic mass is 79.9. The first-order valence-electron chi connectivity index (χ1n) is 3.63. The largest absolute Gasteiger partial charge is 0.573 e. The van der Waals surface area contributed by atoms with Crippen molar-refractivity contribution >= 4 is 15.9 Å². The molecule has 0 fully saturated rings. The van der Waals surface area contributed by atoms with E-state index < -0.39 is 23.7 Å². The van der Waals surface area contributed by atoms with Crippen LogP contribution >= 0.6 is 15.9 Å². The Hall–Kier alpha value is -0.850. The molecule has 0 aliphatic carbocycles. The van der Waals surface area contributed by atoms with Gasteiger partial charge in [-0.3, -0.25) is 0 Å². The molecular weight excluding hydrogens is 287 g/mol.